The van der Waals surface area contributed by atoms with Gasteiger partial charge in [0.25, 0.3) is 0 Å². The third kappa shape index (κ3) is 7.46. The van der Waals surface area contributed by atoms with E-state index >= 15 is 0 Å². The number of esters is 2. The molecule has 0 unspecified atom stereocenters. The van der Waals surface area contributed by atoms with E-state index in [1.807, 2.05) is 30.3 Å². The second-order valence-corrected chi connectivity index (χ2v) is 4.97. The van der Waals surface area contributed by atoms with Gasteiger partial charge in [-0.1, -0.05) is 30.3 Å². The topological polar surface area (TPSA) is 55.8 Å². The van der Waals surface area contributed by atoms with Crippen molar-refractivity contribution in [3.8, 4) is 0 Å². The van der Waals surface area contributed by atoms with Crippen LogP contribution in [0.2, 0.25) is 0 Å². The minimum Gasteiger partial charge on any atom is -0.465 e. The summed E-state index contributed by atoms with van der Waals surface area (Å²) in [5.41, 5.74) is 1.03. The highest BCUT2D eigenvalue weighted by Gasteiger charge is 2.17. The average molecular weight is 293 g/mol. The van der Waals surface area contributed by atoms with Gasteiger partial charge in [0.1, 0.15) is 0 Å². The largest absolute Gasteiger partial charge is 0.465 e. The fourth-order valence-corrected chi connectivity index (χ4v) is 1.88. The van der Waals surface area contributed by atoms with Gasteiger partial charge in [-0.05, 0) is 26.3 Å². The second kappa shape index (κ2) is 9.13. The van der Waals surface area contributed by atoms with E-state index in [2.05, 4.69) is 0 Å². The lowest BCUT2D eigenvalue weighted by molar-refractivity contribution is -0.151. The van der Waals surface area contributed by atoms with Crippen LogP contribution in [0, 0.1) is 0 Å². The molecule has 0 aliphatic carbocycles. The molecule has 1 aromatic carbocycles. The summed E-state index contributed by atoms with van der Waals surface area (Å²) in [6, 6.07) is 9.67. The number of ether oxygens (including phenoxy) is 2. The van der Waals surface area contributed by atoms with Crippen LogP contribution in [0.15, 0.2) is 30.3 Å². The minimum atomic E-state index is -0.342. The first-order valence-electron chi connectivity index (χ1n) is 7.12. The highest BCUT2D eigenvalue weighted by atomic mass is 16.5. The predicted octanol–water partition coefficient (Wildman–Crippen LogP) is 2.00. The zero-order chi connectivity index (χ0) is 15.7. The summed E-state index contributed by atoms with van der Waals surface area (Å²) in [5.74, 6) is -0.684. The summed E-state index contributed by atoms with van der Waals surface area (Å²) < 4.78 is 10.1. The highest BCUT2D eigenvalue weighted by Crippen LogP contribution is 2.05. The standard InChI is InChI=1S/C16H23NO4/c1-4-20-15(18)11-17(12-16(19)21-13(2)3)10-14-8-6-5-7-9-14/h5-9,13H,4,10-12H2,1-3H3. The first kappa shape index (κ1) is 17.2. The lowest BCUT2D eigenvalue weighted by atomic mass is 10.2. The summed E-state index contributed by atoms with van der Waals surface area (Å²) in [4.78, 5) is 25.1. The van der Waals surface area contributed by atoms with Gasteiger partial charge in [0.15, 0.2) is 0 Å². The van der Waals surface area contributed by atoms with Crippen LogP contribution in [-0.2, 0) is 25.6 Å². The summed E-state index contributed by atoms with van der Waals surface area (Å²) in [6.07, 6.45) is -0.168. The van der Waals surface area contributed by atoms with E-state index < -0.39 is 0 Å². The molecule has 116 valence electrons. The molecule has 0 aromatic heterocycles. The first-order valence-corrected chi connectivity index (χ1v) is 7.12. The Balaban J connectivity index is 2.65. The summed E-state index contributed by atoms with van der Waals surface area (Å²) in [5, 5.41) is 0. The molecular formula is C16H23NO4. The van der Waals surface area contributed by atoms with E-state index in [4.69, 9.17) is 9.47 Å². The normalized spacial score (nSPS) is 10.7. The van der Waals surface area contributed by atoms with Crippen molar-refractivity contribution in [2.45, 2.75) is 33.4 Å². The lowest BCUT2D eigenvalue weighted by Gasteiger charge is -2.21. The smallest absolute Gasteiger partial charge is 0.320 e. The molecule has 0 amide bonds. The molecule has 0 saturated heterocycles. The maximum absolute atomic E-state index is 11.8. The Morgan fingerprint density at radius 2 is 1.71 bits per heavy atom. The quantitative estimate of drug-likeness (QED) is 0.686. The second-order valence-electron chi connectivity index (χ2n) is 4.97. The van der Waals surface area contributed by atoms with Crippen LogP contribution in [0.3, 0.4) is 0 Å². The van der Waals surface area contributed by atoms with Crippen LogP contribution in [0.5, 0.6) is 0 Å². The van der Waals surface area contributed by atoms with Crippen molar-refractivity contribution in [2.75, 3.05) is 19.7 Å². The van der Waals surface area contributed by atoms with Gasteiger partial charge in [0, 0.05) is 6.54 Å². The Labute approximate surface area is 125 Å². The Bertz CT molecular complexity index is 445. The molecule has 0 N–H and O–H groups in total. The summed E-state index contributed by atoms with van der Waals surface area (Å²) in [7, 11) is 0. The fourth-order valence-electron chi connectivity index (χ4n) is 1.88. The average Bonchev–Trinajstić information content (AvgIpc) is 2.38. The van der Waals surface area contributed by atoms with Gasteiger partial charge in [-0.25, -0.2) is 0 Å². The van der Waals surface area contributed by atoms with E-state index in [1.54, 1.807) is 25.7 Å². The van der Waals surface area contributed by atoms with Crippen LogP contribution in [-0.4, -0.2) is 42.6 Å². The Kier molecular flexibility index (Phi) is 7.46. The lowest BCUT2D eigenvalue weighted by Crippen LogP contribution is -2.36. The molecule has 0 bridgehead atoms. The highest BCUT2D eigenvalue weighted by molar-refractivity contribution is 5.75. The molecule has 0 saturated carbocycles. The molecule has 0 radical (unpaired) electrons. The van der Waals surface area contributed by atoms with Crippen molar-refractivity contribution >= 4 is 11.9 Å². The van der Waals surface area contributed by atoms with Crippen molar-refractivity contribution in [3.63, 3.8) is 0 Å². The molecule has 0 fully saturated rings. The molecule has 0 aliphatic rings. The SMILES string of the molecule is CCOC(=O)CN(CC(=O)OC(C)C)Cc1ccccc1. The van der Waals surface area contributed by atoms with Crippen LogP contribution in [0.25, 0.3) is 0 Å². The number of carbonyl (C=O) groups excluding carboxylic acids is 2. The van der Waals surface area contributed by atoms with Crippen molar-refractivity contribution in [1.29, 1.82) is 0 Å². The molecule has 0 spiro atoms. The number of rotatable bonds is 8. The van der Waals surface area contributed by atoms with E-state index in [0.717, 1.165) is 5.56 Å². The molecule has 1 aromatic rings. The summed E-state index contributed by atoms with van der Waals surface area (Å²) >= 11 is 0. The Morgan fingerprint density at radius 3 is 2.29 bits per heavy atom. The van der Waals surface area contributed by atoms with Gasteiger partial charge >= 0.3 is 11.9 Å². The monoisotopic (exact) mass is 293 g/mol. The minimum absolute atomic E-state index is 0.0614. The van der Waals surface area contributed by atoms with Gasteiger partial charge in [0.2, 0.25) is 0 Å². The molecule has 0 heterocycles. The van der Waals surface area contributed by atoms with Gasteiger partial charge in [0.05, 0.1) is 25.8 Å². The maximum atomic E-state index is 11.8. The number of nitrogens with zero attached hydrogens (tertiary/aromatic N) is 1. The van der Waals surface area contributed by atoms with Crippen molar-refractivity contribution in [2.24, 2.45) is 0 Å². The molecule has 0 atom stereocenters. The van der Waals surface area contributed by atoms with Crippen LogP contribution in [0.1, 0.15) is 26.3 Å². The van der Waals surface area contributed by atoms with E-state index in [9.17, 15) is 9.59 Å². The number of hydrogen-bond acceptors (Lipinski definition) is 5. The van der Waals surface area contributed by atoms with Crippen LogP contribution < -0.4 is 0 Å². The van der Waals surface area contributed by atoms with Crippen molar-refractivity contribution < 1.29 is 19.1 Å². The Morgan fingerprint density at radius 1 is 1.10 bits per heavy atom. The Hall–Kier alpha value is -1.88. The van der Waals surface area contributed by atoms with Crippen LogP contribution in [0.4, 0.5) is 0 Å². The van der Waals surface area contributed by atoms with E-state index in [-0.39, 0.29) is 31.1 Å². The van der Waals surface area contributed by atoms with Gasteiger partial charge in [-0.15, -0.1) is 0 Å². The molecular weight excluding hydrogens is 270 g/mol. The third-order valence-electron chi connectivity index (χ3n) is 2.63. The fraction of sp³-hybridized carbons (Fsp3) is 0.500. The van der Waals surface area contributed by atoms with Crippen molar-refractivity contribution in [1.82, 2.24) is 4.90 Å². The number of carbonyl (C=O) groups is 2. The van der Waals surface area contributed by atoms with E-state index in [0.29, 0.717) is 13.2 Å². The summed E-state index contributed by atoms with van der Waals surface area (Å²) in [6.45, 7) is 6.30. The molecule has 1 rings (SSSR count). The van der Waals surface area contributed by atoms with Crippen LogP contribution >= 0.6 is 0 Å². The molecule has 21 heavy (non-hydrogen) atoms. The van der Waals surface area contributed by atoms with Gasteiger partial charge < -0.3 is 9.47 Å². The first-order chi connectivity index (χ1) is 10.0. The number of hydrogen-bond donors (Lipinski definition) is 0. The third-order valence-corrected chi connectivity index (χ3v) is 2.63. The van der Waals surface area contributed by atoms with Gasteiger partial charge in [-0.2, -0.15) is 0 Å². The van der Waals surface area contributed by atoms with Gasteiger partial charge in [-0.3, -0.25) is 14.5 Å². The predicted molar refractivity (Wildman–Crippen MR) is 79.6 cm³/mol. The molecule has 0 aliphatic heterocycles. The van der Waals surface area contributed by atoms with Crippen molar-refractivity contribution in [3.05, 3.63) is 35.9 Å². The molecule has 5 nitrogen and oxygen atoms in total. The number of benzene rings is 1. The van der Waals surface area contributed by atoms with E-state index in [1.165, 1.54) is 0 Å². The molecule has 5 heteroatoms. The zero-order valence-corrected chi connectivity index (χ0v) is 12.9. The maximum Gasteiger partial charge on any atom is 0.320 e. The zero-order valence-electron chi connectivity index (χ0n) is 12.9.